The predicted molar refractivity (Wildman–Crippen MR) is 327 cm³/mol. The van der Waals surface area contributed by atoms with Crippen LogP contribution in [0.2, 0.25) is 0 Å². The summed E-state index contributed by atoms with van der Waals surface area (Å²) in [6.07, 6.45) is 7.43. The number of ether oxygens (including phenoxy) is 5. The van der Waals surface area contributed by atoms with E-state index in [1.807, 2.05) is 133 Å². The van der Waals surface area contributed by atoms with Gasteiger partial charge in [-0.2, -0.15) is 0 Å². The summed E-state index contributed by atoms with van der Waals surface area (Å²) in [5.74, 6) is -1.51. The van der Waals surface area contributed by atoms with Gasteiger partial charge < -0.3 is 52.8 Å². The number of halogens is 1. The fourth-order valence-electron chi connectivity index (χ4n) is 7.90. The van der Waals surface area contributed by atoms with E-state index >= 15 is 0 Å². The third-order valence-electron chi connectivity index (χ3n) is 12.8. The van der Waals surface area contributed by atoms with Gasteiger partial charge in [-0.1, -0.05) is 73.3 Å². The van der Waals surface area contributed by atoms with Crippen LogP contribution in [0, 0.1) is 0 Å². The van der Waals surface area contributed by atoms with Crippen molar-refractivity contribution in [3.05, 3.63) is 129 Å². The third-order valence-corrected chi connectivity index (χ3v) is 13.3. The Balaban J connectivity index is 0.000000379. The molecule has 7 rings (SSSR count). The largest absolute Gasteiger partial charge is 0.490 e. The van der Waals surface area contributed by atoms with E-state index in [-0.39, 0.29) is 69.0 Å². The van der Waals surface area contributed by atoms with Crippen molar-refractivity contribution in [1.82, 2.24) is 14.7 Å². The molecule has 3 aromatic rings. The minimum absolute atomic E-state index is 0. The molecule has 1 fully saturated rings. The van der Waals surface area contributed by atoms with Gasteiger partial charge in [0.2, 0.25) is 0 Å². The molecule has 0 spiro atoms. The van der Waals surface area contributed by atoms with Crippen LogP contribution < -0.4 is 0 Å². The lowest BCUT2D eigenvalue weighted by Crippen LogP contribution is -2.41. The Morgan fingerprint density at radius 3 is 1.12 bits per heavy atom. The summed E-state index contributed by atoms with van der Waals surface area (Å²) in [6, 6.07) is 21.3. The highest BCUT2D eigenvalue weighted by Crippen LogP contribution is 2.39. The zero-order chi connectivity index (χ0) is 59.8. The number of carboxylic acid groups (broad SMARTS) is 1. The summed E-state index contributed by atoms with van der Waals surface area (Å²) in [6.45, 7) is 32.7. The number of hydrogen-bond donors (Lipinski definition) is 1. The second kappa shape index (κ2) is 31.3. The number of carboxylic acids is 1. The van der Waals surface area contributed by atoms with E-state index in [0.29, 0.717) is 63.6 Å². The molecule has 4 heterocycles. The Bertz CT molecular complexity index is 2680. The highest BCUT2D eigenvalue weighted by molar-refractivity contribution is 9.10. The molecule has 0 aliphatic carbocycles. The first-order valence-electron chi connectivity index (χ1n) is 27.1. The number of rotatable bonds is 8. The Kier molecular flexibility index (Phi) is 27.3. The SMILES string of the molecule is C.C.CC(C)(C)OC(=O)N1CC=C(B2OC(C)(C)C(C)(C)O2)CC1.CC(C)(C)OC(=O)N1CC=C(c2ccc(C(=O)O)cc2)CC1.CCOC(=O)c1ccc(Br)cc1.CCOC(=O)c1ccc(C2=CCN(C(=O)OC(C)(C)C)CC2)cc1. The lowest BCUT2D eigenvalue weighted by molar-refractivity contribution is 0.00578. The third kappa shape index (κ3) is 23.1. The van der Waals surface area contributed by atoms with Gasteiger partial charge in [0, 0.05) is 43.7 Å². The van der Waals surface area contributed by atoms with Crippen molar-refractivity contribution in [3.8, 4) is 0 Å². The van der Waals surface area contributed by atoms with Gasteiger partial charge in [0.1, 0.15) is 16.8 Å². The van der Waals surface area contributed by atoms with E-state index in [2.05, 4.69) is 15.9 Å². The second-order valence-corrected chi connectivity index (χ2v) is 24.2. The average molecular weight is 1210 g/mol. The first-order chi connectivity index (χ1) is 37.2. The summed E-state index contributed by atoms with van der Waals surface area (Å²) in [4.78, 5) is 74.8. The number of carbonyl (C=O) groups is 6. The van der Waals surface area contributed by atoms with Crippen molar-refractivity contribution in [2.24, 2.45) is 0 Å². The van der Waals surface area contributed by atoms with E-state index in [0.717, 1.165) is 45.9 Å². The molecule has 17 nitrogen and oxygen atoms in total. The van der Waals surface area contributed by atoms with Crippen LogP contribution in [0.3, 0.4) is 0 Å². The molecule has 452 valence electrons. The Labute approximate surface area is 497 Å². The molecule has 4 aliphatic heterocycles. The Hall–Kier alpha value is -6.44. The van der Waals surface area contributed by atoms with E-state index in [9.17, 15) is 28.8 Å². The standard InChI is InChI=1S/C19H25NO4.C17H21NO4.C16H28BNO4.C9H9BrO2.2CH4/c1-5-23-17(21)16-8-6-14(7-9-16)15-10-12-20(13-11-15)18(22)24-19(2,3)4;1-17(2,3)22-16(21)18-10-8-13(9-11-18)12-4-6-14(7-5-12)15(19)20;1-14(2,3)20-13(19)18-10-8-12(9-11-18)17-21-15(4,5)16(6,7)22-17;1-2-12-9(11)7-3-5-8(10)6-4-7;;/h6-10H,5,11-13H2,1-4H3;4-8H,9-11H2,1-3H3,(H,19,20);8H,9-11H2,1-7H3;3-6H,2H2,1H3;2*1H4. The Morgan fingerprint density at radius 2 is 0.841 bits per heavy atom. The van der Waals surface area contributed by atoms with Gasteiger partial charge in [0.15, 0.2) is 0 Å². The van der Waals surface area contributed by atoms with E-state index in [1.54, 1.807) is 77.1 Å². The lowest BCUT2D eigenvalue weighted by atomic mass is 9.75. The quantitative estimate of drug-likeness (QED) is 0.127. The summed E-state index contributed by atoms with van der Waals surface area (Å²) in [5.41, 5.74) is 4.76. The van der Waals surface area contributed by atoms with E-state index < -0.39 is 22.8 Å². The van der Waals surface area contributed by atoms with Crippen molar-refractivity contribution in [2.75, 3.05) is 52.5 Å². The molecule has 0 saturated carbocycles. The number of esters is 2. The molecule has 4 aliphatic rings. The molecule has 3 amide bonds. The zero-order valence-electron chi connectivity index (χ0n) is 49.5. The van der Waals surface area contributed by atoms with Crippen molar-refractivity contribution in [1.29, 1.82) is 0 Å². The van der Waals surface area contributed by atoms with Crippen molar-refractivity contribution >= 4 is 70.4 Å². The highest BCUT2D eigenvalue weighted by Gasteiger charge is 2.52. The normalized spacial score (nSPS) is 16.3. The molecule has 3 aromatic carbocycles. The summed E-state index contributed by atoms with van der Waals surface area (Å²) in [5, 5.41) is 8.90. The molecule has 0 bridgehead atoms. The monoisotopic (exact) mass is 1200 g/mol. The van der Waals surface area contributed by atoms with Crippen LogP contribution in [0.1, 0.15) is 180 Å². The van der Waals surface area contributed by atoms with Crippen LogP contribution in [-0.4, -0.2) is 144 Å². The minimum atomic E-state index is -0.930. The molecule has 0 unspecified atom stereocenters. The maximum atomic E-state index is 12.1. The van der Waals surface area contributed by atoms with Crippen LogP contribution in [-0.2, 0) is 33.0 Å². The predicted octanol–water partition coefficient (Wildman–Crippen LogP) is 14.4. The van der Waals surface area contributed by atoms with Crippen molar-refractivity contribution in [3.63, 3.8) is 0 Å². The number of carbonyl (C=O) groups excluding carboxylic acids is 5. The first kappa shape index (κ1) is 71.7. The van der Waals surface area contributed by atoms with Crippen LogP contribution in [0.5, 0.6) is 0 Å². The number of nitrogens with zero attached hydrogens (tertiary/aromatic N) is 3. The number of aromatic carboxylic acids is 1. The van der Waals surface area contributed by atoms with Crippen LogP contribution in [0.15, 0.2) is 101 Å². The summed E-state index contributed by atoms with van der Waals surface area (Å²) >= 11 is 3.28. The Morgan fingerprint density at radius 1 is 0.524 bits per heavy atom. The van der Waals surface area contributed by atoms with Gasteiger partial charge in [-0.15, -0.1) is 0 Å². The van der Waals surface area contributed by atoms with Crippen molar-refractivity contribution < 1.29 is 66.9 Å². The lowest BCUT2D eigenvalue weighted by Gasteiger charge is -2.32. The smallest absolute Gasteiger partial charge is 0.478 e. The number of amides is 3. The summed E-state index contributed by atoms with van der Waals surface area (Å²) in [7, 11) is -0.314. The average Bonchev–Trinajstić information content (AvgIpc) is 3.86. The van der Waals surface area contributed by atoms with Crippen LogP contribution >= 0.6 is 15.9 Å². The summed E-state index contributed by atoms with van der Waals surface area (Å²) < 4.78 is 39.0. The molecular weight excluding hydrogens is 1110 g/mol. The van der Waals surface area contributed by atoms with Gasteiger partial charge >= 0.3 is 43.3 Å². The van der Waals surface area contributed by atoms with Crippen LogP contribution in [0.4, 0.5) is 14.4 Å². The second-order valence-electron chi connectivity index (χ2n) is 23.3. The maximum Gasteiger partial charge on any atom is 0.490 e. The first-order valence-corrected chi connectivity index (χ1v) is 27.9. The van der Waals surface area contributed by atoms with E-state index in [1.165, 1.54) is 5.57 Å². The molecule has 0 aromatic heterocycles. The van der Waals surface area contributed by atoms with E-state index in [4.69, 9.17) is 38.1 Å². The molecular formula is C63H91BBrN3O14. The molecule has 0 atom stereocenters. The van der Waals surface area contributed by atoms with Gasteiger partial charge in [-0.3, -0.25) is 0 Å². The fourth-order valence-corrected chi connectivity index (χ4v) is 8.16. The minimum Gasteiger partial charge on any atom is -0.478 e. The molecule has 0 radical (unpaired) electrons. The topological polar surface area (TPSA) is 197 Å². The molecule has 82 heavy (non-hydrogen) atoms. The maximum absolute atomic E-state index is 12.1. The number of benzene rings is 3. The molecule has 19 heteroatoms. The van der Waals surface area contributed by atoms with Gasteiger partial charge in [0.05, 0.1) is 41.1 Å². The molecule has 1 saturated heterocycles. The highest BCUT2D eigenvalue weighted by atomic mass is 79.9. The van der Waals surface area contributed by atoms with Gasteiger partial charge in [-0.25, -0.2) is 28.8 Å². The van der Waals surface area contributed by atoms with Crippen molar-refractivity contribution in [2.45, 2.75) is 166 Å². The number of hydrogen-bond acceptors (Lipinski definition) is 13. The molecule has 1 N–H and O–H groups in total. The fraction of sp³-hybridized carbons (Fsp3) is 0.524. The zero-order valence-corrected chi connectivity index (χ0v) is 51.1. The van der Waals surface area contributed by atoms with Gasteiger partial charge in [-0.05, 0) is 199 Å². The van der Waals surface area contributed by atoms with Gasteiger partial charge in [0.25, 0.3) is 0 Å². The van der Waals surface area contributed by atoms with Crippen LogP contribution in [0.25, 0.3) is 11.1 Å².